The number of halogens is 4. The first-order valence-electron chi connectivity index (χ1n) is 6.40. The number of alkyl halides is 3. The summed E-state index contributed by atoms with van der Waals surface area (Å²) in [5.74, 6) is 0.0740. The third kappa shape index (κ3) is 4.65. The molecule has 0 spiro atoms. The number of rotatable bonds is 4. The lowest BCUT2D eigenvalue weighted by atomic mass is 10.2. The Bertz CT molecular complexity index is 712. The predicted molar refractivity (Wildman–Crippen MR) is 81.8 cm³/mol. The number of aromatic nitrogens is 1. The van der Waals surface area contributed by atoms with Crippen molar-refractivity contribution >= 4 is 35.0 Å². The largest absolute Gasteiger partial charge is 0.437 e. The summed E-state index contributed by atoms with van der Waals surface area (Å²) in [6.45, 7) is 3.51. The van der Waals surface area contributed by atoms with Crippen molar-refractivity contribution in [3.63, 3.8) is 0 Å². The van der Waals surface area contributed by atoms with Gasteiger partial charge in [-0.05, 0) is 32.0 Å². The van der Waals surface area contributed by atoms with Gasteiger partial charge in [0.05, 0.1) is 27.7 Å². The zero-order valence-corrected chi connectivity index (χ0v) is 13.7. The van der Waals surface area contributed by atoms with Gasteiger partial charge >= 0.3 is 6.18 Å². The third-order valence-electron chi connectivity index (χ3n) is 2.90. The van der Waals surface area contributed by atoms with E-state index in [0.717, 1.165) is 30.0 Å². The van der Waals surface area contributed by atoms with Crippen LogP contribution in [0.2, 0.25) is 5.02 Å². The highest BCUT2D eigenvalue weighted by atomic mass is 35.5. The normalized spacial score (nSPS) is 11.6. The number of hydrogen-bond acceptors (Lipinski definition) is 4. The average Bonchev–Trinajstić information content (AvgIpc) is 2.77. The number of thioether (sulfide) groups is 1. The van der Waals surface area contributed by atoms with Gasteiger partial charge in [0.1, 0.15) is 5.76 Å². The molecule has 1 N–H and O–H groups in total. The fraction of sp³-hybridized carbons (Fsp3) is 0.286. The predicted octanol–water partition coefficient (Wildman–Crippen LogP) is 4.69. The van der Waals surface area contributed by atoms with Crippen LogP contribution in [0.1, 0.15) is 17.0 Å². The molecule has 0 saturated carbocycles. The van der Waals surface area contributed by atoms with Crippen molar-refractivity contribution in [2.24, 2.45) is 0 Å². The minimum atomic E-state index is -4.51. The number of oxazole rings is 1. The Balaban J connectivity index is 2.02. The number of carbonyl (C=O) groups is 1. The van der Waals surface area contributed by atoms with Crippen LogP contribution in [0.4, 0.5) is 18.9 Å². The summed E-state index contributed by atoms with van der Waals surface area (Å²) in [5.41, 5.74) is -0.260. The van der Waals surface area contributed by atoms with Gasteiger partial charge in [-0.3, -0.25) is 4.79 Å². The molecule has 0 unspecified atom stereocenters. The fourth-order valence-electron chi connectivity index (χ4n) is 1.62. The van der Waals surface area contributed by atoms with E-state index in [2.05, 4.69) is 10.3 Å². The molecule has 0 fully saturated rings. The molecule has 1 aromatic carbocycles. The SMILES string of the molecule is Cc1nc(SCC(=O)Nc2cc(C(F)(F)F)ccc2Cl)oc1C. The van der Waals surface area contributed by atoms with Crippen LogP contribution in [-0.2, 0) is 11.0 Å². The molecular weight excluding hydrogens is 353 g/mol. The molecule has 0 aliphatic carbocycles. The summed E-state index contributed by atoms with van der Waals surface area (Å²) in [5, 5.41) is 2.70. The van der Waals surface area contributed by atoms with Crippen molar-refractivity contribution in [2.75, 3.05) is 11.1 Å². The molecule has 0 aliphatic rings. The van der Waals surface area contributed by atoms with Crippen LogP contribution in [0.25, 0.3) is 0 Å². The van der Waals surface area contributed by atoms with E-state index in [1.807, 2.05) is 0 Å². The zero-order chi connectivity index (χ0) is 17.2. The Labute approximate surface area is 139 Å². The van der Waals surface area contributed by atoms with Crippen LogP contribution in [0, 0.1) is 13.8 Å². The molecule has 9 heteroatoms. The summed E-state index contributed by atoms with van der Waals surface area (Å²) in [6, 6.07) is 2.74. The summed E-state index contributed by atoms with van der Waals surface area (Å²) >= 11 is 6.86. The van der Waals surface area contributed by atoms with Crippen molar-refractivity contribution in [1.82, 2.24) is 4.98 Å². The molecule has 1 aromatic heterocycles. The van der Waals surface area contributed by atoms with Gasteiger partial charge in [0.25, 0.3) is 5.22 Å². The molecule has 1 heterocycles. The smallest absolute Gasteiger partial charge is 0.416 e. The molecule has 0 saturated heterocycles. The molecule has 4 nitrogen and oxygen atoms in total. The lowest BCUT2D eigenvalue weighted by molar-refractivity contribution is -0.137. The number of aryl methyl sites for hydroxylation is 2. The van der Waals surface area contributed by atoms with Crippen molar-refractivity contribution in [1.29, 1.82) is 0 Å². The number of amides is 1. The minimum absolute atomic E-state index is 0.0270. The van der Waals surface area contributed by atoms with Gasteiger partial charge in [0.2, 0.25) is 5.91 Å². The maximum atomic E-state index is 12.7. The van der Waals surface area contributed by atoms with Crippen LogP contribution < -0.4 is 5.32 Å². The second-order valence-corrected chi connectivity index (χ2v) is 5.98. The molecule has 0 aliphatic heterocycles. The molecule has 23 heavy (non-hydrogen) atoms. The number of carbonyl (C=O) groups excluding carboxylic acids is 1. The maximum Gasteiger partial charge on any atom is 0.416 e. The van der Waals surface area contributed by atoms with Crippen LogP contribution in [0.15, 0.2) is 27.8 Å². The molecule has 2 rings (SSSR count). The highest BCUT2D eigenvalue weighted by Gasteiger charge is 2.31. The summed E-state index contributed by atoms with van der Waals surface area (Å²) in [7, 11) is 0. The Morgan fingerprint density at radius 1 is 1.39 bits per heavy atom. The fourth-order valence-corrected chi connectivity index (χ4v) is 2.49. The van der Waals surface area contributed by atoms with E-state index in [9.17, 15) is 18.0 Å². The summed E-state index contributed by atoms with van der Waals surface area (Å²) in [6.07, 6.45) is -4.51. The van der Waals surface area contributed by atoms with Crippen LogP contribution in [-0.4, -0.2) is 16.6 Å². The molecule has 1 amide bonds. The number of nitrogens with one attached hydrogen (secondary N) is 1. The van der Waals surface area contributed by atoms with Crippen LogP contribution >= 0.6 is 23.4 Å². The van der Waals surface area contributed by atoms with Gasteiger partial charge in [-0.2, -0.15) is 13.2 Å². The monoisotopic (exact) mass is 364 g/mol. The Morgan fingerprint density at radius 3 is 2.65 bits per heavy atom. The van der Waals surface area contributed by atoms with E-state index >= 15 is 0 Å². The third-order valence-corrected chi connectivity index (χ3v) is 4.06. The molecule has 2 aromatic rings. The first-order valence-corrected chi connectivity index (χ1v) is 7.76. The average molecular weight is 365 g/mol. The molecule has 0 atom stereocenters. The number of hydrogen-bond donors (Lipinski definition) is 1. The first kappa shape index (κ1) is 17.7. The van der Waals surface area contributed by atoms with E-state index in [1.165, 1.54) is 0 Å². The van der Waals surface area contributed by atoms with Crippen molar-refractivity contribution < 1.29 is 22.4 Å². The zero-order valence-electron chi connectivity index (χ0n) is 12.1. The Hall–Kier alpha value is -1.67. The molecule has 0 radical (unpaired) electrons. The van der Waals surface area contributed by atoms with Gasteiger partial charge in [0.15, 0.2) is 0 Å². The Morgan fingerprint density at radius 2 is 2.09 bits per heavy atom. The number of anilines is 1. The number of benzene rings is 1. The van der Waals surface area contributed by atoms with E-state index < -0.39 is 17.6 Å². The molecular formula is C14H12ClF3N2O2S. The highest BCUT2D eigenvalue weighted by Crippen LogP contribution is 2.34. The van der Waals surface area contributed by atoms with Crippen molar-refractivity contribution in [3.05, 3.63) is 40.2 Å². The van der Waals surface area contributed by atoms with E-state index in [1.54, 1.807) is 13.8 Å². The van der Waals surface area contributed by atoms with Crippen molar-refractivity contribution in [2.45, 2.75) is 25.2 Å². The van der Waals surface area contributed by atoms with Gasteiger partial charge in [-0.15, -0.1) is 0 Å². The molecule has 124 valence electrons. The second-order valence-electron chi connectivity index (χ2n) is 4.65. The molecule has 0 bridgehead atoms. The standard InChI is InChI=1S/C14H12ClF3N2O2S/c1-7-8(2)22-13(19-7)23-6-12(21)20-11-5-9(14(16,17)18)3-4-10(11)15/h3-5H,6H2,1-2H3,(H,20,21). The topological polar surface area (TPSA) is 55.1 Å². The van der Waals surface area contributed by atoms with Crippen LogP contribution in [0.3, 0.4) is 0 Å². The minimum Gasteiger partial charge on any atom is -0.437 e. The van der Waals surface area contributed by atoms with Gasteiger partial charge in [0, 0.05) is 0 Å². The number of nitrogens with zero attached hydrogens (tertiary/aromatic N) is 1. The van der Waals surface area contributed by atoms with E-state index in [4.69, 9.17) is 16.0 Å². The van der Waals surface area contributed by atoms with Gasteiger partial charge in [-0.25, -0.2) is 4.98 Å². The van der Waals surface area contributed by atoms with E-state index in [-0.39, 0.29) is 16.5 Å². The highest BCUT2D eigenvalue weighted by molar-refractivity contribution is 7.99. The first-order chi connectivity index (χ1) is 10.7. The summed E-state index contributed by atoms with van der Waals surface area (Å²) < 4.78 is 43.3. The summed E-state index contributed by atoms with van der Waals surface area (Å²) in [4.78, 5) is 15.9. The quantitative estimate of drug-likeness (QED) is 0.799. The lowest BCUT2D eigenvalue weighted by Crippen LogP contribution is -2.15. The maximum absolute atomic E-state index is 12.7. The van der Waals surface area contributed by atoms with Crippen molar-refractivity contribution in [3.8, 4) is 0 Å². The van der Waals surface area contributed by atoms with E-state index in [0.29, 0.717) is 16.7 Å². The van der Waals surface area contributed by atoms with Gasteiger partial charge < -0.3 is 9.73 Å². The Kier molecular flexibility index (Phi) is 5.26. The lowest BCUT2D eigenvalue weighted by Gasteiger charge is -2.11. The van der Waals surface area contributed by atoms with Crippen LogP contribution in [0.5, 0.6) is 0 Å². The van der Waals surface area contributed by atoms with Gasteiger partial charge in [-0.1, -0.05) is 23.4 Å². The second kappa shape index (κ2) is 6.84.